The van der Waals surface area contributed by atoms with E-state index in [1.54, 1.807) is 18.5 Å². The lowest BCUT2D eigenvalue weighted by atomic mass is 10.2. The minimum absolute atomic E-state index is 0.340. The lowest BCUT2D eigenvalue weighted by Gasteiger charge is -2.04. The fourth-order valence-corrected chi connectivity index (χ4v) is 4.17. The summed E-state index contributed by atoms with van der Waals surface area (Å²) in [5.74, 6) is 0. The van der Waals surface area contributed by atoms with Crippen LogP contribution in [0.3, 0.4) is 0 Å². The second-order valence-electron chi connectivity index (χ2n) is 4.27. The van der Waals surface area contributed by atoms with Crippen LogP contribution in [0.5, 0.6) is 0 Å². The summed E-state index contributed by atoms with van der Waals surface area (Å²) in [5.41, 5.74) is 6.46. The average Bonchev–Trinajstić information content (AvgIpc) is 2.90. The van der Waals surface area contributed by atoms with Crippen molar-refractivity contribution in [2.75, 3.05) is 13.1 Å². The van der Waals surface area contributed by atoms with Crippen molar-refractivity contribution < 1.29 is 8.42 Å². The number of rotatable bonds is 7. The molecule has 0 aliphatic heterocycles. The molecule has 0 spiro atoms. The second kappa shape index (κ2) is 6.94. The second-order valence-corrected chi connectivity index (χ2v) is 7.43. The Morgan fingerprint density at radius 1 is 1.25 bits per heavy atom. The van der Waals surface area contributed by atoms with E-state index >= 15 is 0 Å². The maximum Gasteiger partial charge on any atom is 0.250 e. The summed E-state index contributed by atoms with van der Waals surface area (Å²) in [6.45, 7) is 0.882. The van der Waals surface area contributed by atoms with Gasteiger partial charge in [0.2, 0.25) is 10.0 Å². The Labute approximate surface area is 122 Å². The van der Waals surface area contributed by atoms with Crippen molar-refractivity contribution in [2.45, 2.75) is 17.1 Å². The highest BCUT2D eigenvalue weighted by atomic mass is 32.2. The predicted molar refractivity (Wildman–Crippen MR) is 80.2 cm³/mol. The third kappa shape index (κ3) is 4.11. The van der Waals surface area contributed by atoms with E-state index in [9.17, 15) is 8.42 Å². The summed E-state index contributed by atoms with van der Waals surface area (Å²) in [6, 6.07) is 7.20. The molecule has 0 saturated carbocycles. The highest BCUT2D eigenvalue weighted by Gasteiger charge is 2.15. The molecular formula is C13H17N3O2S2. The van der Waals surface area contributed by atoms with Crippen LogP contribution in [-0.4, -0.2) is 26.5 Å². The van der Waals surface area contributed by atoms with Crippen LogP contribution in [-0.2, 0) is 22.9 Å². The Balaban J connectivity index is 1.93. The molecule has 2 heterocycles. The molecule has 2 rings (SSSR count). The van der Waals surface area contributed by atoms with E-state index in [1.165, 1.54) is 11.3 Å². The van der Waals surface area contributed by atoms with E-state index in [0.717, 1.165) is 10.4 Å². The topological polar surface area (TPSA) is 85.1 Å². The molecule has 0 aliphatic carbocycles. The van der Waals surface area contributed by atoms with Crippen LogP contribution in [0.25, 0.3) is 0 Å². The van der Waals surface area contributed by atoms with Crippen LogP contribution in [0.1, 0.15) is 10.4 Å². The summed E-state index contributed by atoms with van der Waals surface area (Å²) >= 11 is 1.27. The standard InChI is InChI=1S/C13H17N3O2S2/c14-7-5-12-3-4-13(19-12)20(17,18)16-9-6-11-2-1-8-15-10-11/h1-4,8,10,16H,5-7,9,14H2. The van der Waals surface area contributed by atoms with Gasteiger partial charge in [-0.05, 0) is 43.1 Å². The number of nitrogens with two attached hydrogens (primary N) is 1. The van der Waals surface area contributed by atoms with Gasteiger partial charge in [-0.2, -0.15) is 0 Å². The maximum absolute atomic E-state index is 12.1. The molecule has 0 unspecified atom stereocenters. The average molecular weight is 311 g/mol. The van der Waals surface area contributed by atoms with E-state index in [-0.39, 0.29) is 0 Å². The van der Waals surface area contributed by atoms with Crippen molar-refractivity contribution in [1.29, 1.82) is 0 Å². The Morgan fingerprint density at radius 2 is 2.10 bits per heavy atom. The molecule has 108 valence electrons. The van der Waals surface area contributed by atoms with Crippen LogP contribution in [0.15, 0.2) is 40.9 Å². The number of hydrogen-bond donors (Lipinski definition) is 2. The zero-order chi connectivity index (χ0) is 14.4. The fraction of sp³-hybridized carbons (Fsp3) is 0.308. The zero-order valence-corrected chi connectivity index (χ0v) is 12.6. The van der Waals surface area contributed by atoms with Crippen molar-refractivity contribution in [3.05, 3.63) is 47.1 Å². The van der Waals surface area contributed by atoms with E-state index < -0.39 is 10.0 Å². The van der Waals surface area contributed by atoms with Crippen LogP contribution in [0.2, 0.25) is 0 Å². The molecule has 3 N–H and O–H groups in total. The van der Waals surface area contributed by atoms with E-state index in [1.807, 2.05) is 18.2 Å². The summed E-state index contributed by atoms with van der Waals surface area (Å²) in [6.07, 6.45) is 4.75. The minimum Gasteiger partial charge on any atom is -0.330 e. The number of pyridine rings is 1. The van der Waals surface area contributed by atoms with Gasteiger partial charge in [0.25, 0.3) is 0 Å². The molecule has 0 atom stereocenters. The van der Waals surface area contributed by atoms with Gasteiger partial charge in [0.15, 0.2) is 0 Å². The first-order valence-corrected chi connectivity index (χ1v) is 8.59. The predicted octanol–water partition coefficient (Wildman–Crippen LogP) is 1.17. The molecule has 5 nitrogen and oxygen atoms in total. The van der Waals surface area contributed by atoms with Crippen LogP contribution in [0.4, 0.5) is 0 Å². The molecule has 0 aromatic carbocycles. The molecule has 0 fully saturated rings. The highest BCUT2D eigenvalue weighted by molar-refractivity contribution is 7.91. The number of aromatic nitrogens is 1. The van der Waals surface area contributed by atoms with Gasteiger partial charge in [0.05, 0.1) is 0 Å². The normalized spacial score (nSPS) is 11.7. The number of sulfonamides is 1. The van der Waals surface area contributed by atoms with Crippen molar-refractivity contribution in [3.63, 3.8) is 0 Å². The summed E-state index contributed by atoms with van der Waals surface area (Å²) in [4.78, 5) is 4.98. The van der Waals surface area contributed by atoms with Crippen LogP contribution >= 0.6 is 11.3 Å². The molecule has 0 bridgehead atoms. The molecule has 2 aromatic rings. The van der Waals surface area contributed by atoms with Crippen molar-refractivity contribution in [2.24, 2.45) is 5.73 Å². The van der Waals surface area contributed by atoms with Crippen molar-refractivity contribution in [1.82, 2.24) is 9.71 Å². The van der Waals surface area contributed by atoms with E-state index in [0.29, 0.717) is 30.1 Å². The molecule has 7 heteroatoms. The SMILES string of the molecule is NCCc1ccc(S(=O)(=O)NCCc2cccnc2)s1. The van der Waals surface area contributed by atoms with Gasteiger partial charge in [-0.1, -0.05) is 6.07 Å². The summed E-state index contributed by atoms with van der Waals surface area (Å²) in [7, 11) is -3.42. The Bertz CT molecular complexity index is 639. The quantitative estimate of drug-likeness (QED) is 0.803. The summed E-state index contributed by atoms with van der Waals surface area (Å²) < 4.78 is 27.1. The first-order chi connectivity index (χ1) is 9.62. The van der Waals surface area contributed by atoms with Crippen LogP contribution in [0, 0.1) is 0 Å². The molecule has 0 aliphatic rings. The third-order valence-corrected chi connectivity index (χ3v) is 5.82. The van der Waals surface area contributed by atoms with Gasteiger partial charge < -0.3 is 5.73 Å². The lowest BCUT2D eigenvalue weighted by Crippen LogP contribution is -2.25. The van der Waals surface area contributed by atoms with Gasteiger partial charge in [-0.3, -0.25) is 4.98 Å². The Kier molecular flexibility index (Phi) is 5.24. The lowest BCUT2D eigenvalue weighted by molar-refractivity contribution is 0.583. The van der Waals surface area contributed by atoms with Gasteiger partial charge >= 0.3 is 0 Å². The third-order valence-electron chi connectivity index (χ3n) is 2.72. The largest absolute Gasteiger partial charge is 0.330 e. The zero-order valence-electron chi connectivity index (χ0n) is 11.0. The monoisotopic (exact) mass is 311 g/mol. The van der Waals surface area contributed by atoms with E-state index in [4.69, 9.17) is 5.73 Å². The van der Waals surface area contributed by atoms with Crippen LogP contribution < -0.4 is 10.5 Å². The first kappa shape index (κ1) is 15.1. The number of nitrogens with zero attached hydrogens (tertiary/aromatic N) is 1. The Hall–Kier alpha value is -1.28. The smallest absolute Gasteiger partial charge is 0.250 e. The first-order valence-electron chi connectivity index (χ1n) is 6.29. The van der Waals surface area contributed by atoms with Crippen molar-refractivity contribution >= 4 is 21.4 Å². The van der Waals surface area contributed by atoms with Gasteiger partial charge in [-0.25, -0.2) is 13.1 Å². The number of hydrogen-bond acceptors (Lipinski definition) is 5. The summed E-state index contributed by atoms with van der Waals surface area (Å²) in [5, 5.41) is 0. The molecule has 20 heavy (non-hydrogen) atoms. The number of nitrogens with one attached hydrogen (secondary N) is 1. The minimum atomic E-state index is -3.42. The van der Waals surface area contributed by atoms with E-state index in [2.05, 4.69) is 9.71 Å². The maximum atomic E-state index is 12.1. The molecule has 2 aromatic heterocycles. The van der Waals surface area contributed by atoms with Gasteiger partial charge in [0.1, 0.15) is 4.21 Å². The molecule has 0 saturated heterocycles. The van der Waals surface area contributed by atoms with Crippen molar-refractivity contribution in [3.8, 4) is 0 Å². The highest BCUT2D eigenvalue weighted by Crippen LogP contribution is 2.21. The fourth-order valence-electron chi connectivity index (χ4n) is 1.73. The van der Waals surface area contributed by atoms with Gasteiger partial charge in [0, 0.05) is 23.8 Å². The number of thiophene rings is 1. The molecule has 0 radical (unpaired) electrons. The Morgan fingerprint density at radius 3 is 2.80 bits per heavy atom. The molecular weight excluding hydrogens is 294 g/mol. The van der Waals surface area contributed by atoms with Gasteiger partial charge in [-0.15, -0.1) is 11.3 Å². The molecule has 0 amide bonds.